The highest BCUT2D eigenvalue weighted by atomic mass is 16.5. The second kappa shape index (κ2) is 7.95. The maximum Gasteiger partial charge on any atom is 0.257 e. The number of aromatic nitrogens is 2. The van der Waals surface area contributed by atoms with Crippen LogP contribution in [0.4, 0.5) is 17.3 Å². The van der Waals surface area contributed by atoms with Gasteiger partial charge in [-0.3, -0.25) is 4.79 Å². The van der Waals surface area contributed by atoms with E-state index in [2.05, 4.69) is 57.3 Å². The lowest BCUT2D eigenvalue weighted by Crippen LogP contribution is -2.47. The van der Waals surface area contributed by atoms with Crippen LogP contribution in [-0.2, 0) is 0 Å². The van der Waals surface area contributed by atoms with E-state index in [4.69, 9.17) is 4.52 Å². The minimum Gasteiger partial charge on any atom is -0.368 e. The van der Waals surface area contributed by atoms with Crippen molar-refractivity contribution in [3.8, 4) is 0 Å². The quantitative estimate of drug-likeness (QED) is 0.733. The molecule has 3 heterocycles. The summed E-state index contributed by atoms with van der Waals surface area (Å²) in [6.45, 7) is 9.65. The Labute approximate surface area is 170 Å². The van der Waals surface area contributed by atoms with Crippen molar-refractivity contribution in [1.29, 1.82) is 0 Å². The number of benzene rings is 1. The van der Waals surface area contributed by atoms with Gasteiger partial charge in [-0.15, -0.1) is 0 Å². The van der Waals surface area contributed by atoms with E-state index in [1.807, 2.05) is 6.07 Å². The molecule has 0 saturated carbocycles. The molecule has 1 amide bonds. The van der Waals surface area contributed by atoms with Crippen LogP contribution in [0.15, 0.2) is 47.1 Å². The number of nitrogens with one attached hydrogen (secondary N) is 1. The molecule has 7 nitrogen and oxygen atoms in total. The summed E-state index contributed by atoms with van der Waals surface area (Å²) in [4.78, 5) is 21.6. The first-order chi connectivity index (χ1) is 14.0. The molecular weight excluding hydrogens is 366 g/mol. The number of anilines is 3. The topological polar surface area (TPSA) is 74.5 Å². The molecule has 1 saturated heterocycles. The monoisotopic (exact) mass is 391 g/mol. The van der Waals surface area contributed by atoms with E-state index in [1.54, 1.807) is 25.3 Å². The number of pyridine rings is 1. The number of amides is 1. The molecule has 0 unspecified atom stereocenters. The Hall–Kier alpha value is -3.35. The highest BCUT2D eigenvalue weighted by molar-refractivity contribution is 6.04. The highest BCUT2D eigenvalue weighted by Gasteiger charge is 2.20. The summed E-state index contributed by atoms with van der Waals surface area (Å²) in [7, 11) is 0. The summed E-state index contributed by atoms with van der Waals surface area (Å²) >= 11 is 0. The first-order valence-corrected chi connectivity index (χ1v) is 9.78. The van der Waals surface area contributed by atoms with Gasteiger partial charge < -0.3 is 19.6 Å². The molecule has 1 aliphatic heterocycles. The third kappa shape index (κ3) is 4.08. The fourth-order valence-corrected chi connectivity index (χ4v) is 3.60. The average Bonchev–Trinajstić information content (AvgIpc) is 3.15. The molecule has 29 heavy (non-hydrogen) atoms. The number of rotatable bonds is 4. The lowest BCUT2D eigenvalue weighted by Gasteiger charge is -2.37. The Balaban J connectivity index is 1.43. The zero-order valence-corrected chi connectivity index (χ0v) is 17.0. The molecule has 1 aliphatic rings. The van der Waals surface area contributed by atoms with Gasteiger partial charge in [0.1, 0.15) is 11.6 Å². The Morgan fingerprint density at radius 3 is 2.52 bits per heavy atom. The Morgan fingerprint density at radius 2 is 1.79 bits per heavy atom. The number of carbonyl (C=O) groups is 1. The van der Waals surface area contributed by atoms with Crippen molar-refractivity contribution in [2.45, 2.75) is 20.8 Å². The molecule has 4 rings (SSSR count). The first-order valence-electron chi connectivity index (χ1n) is 9.78. The molecule has 0 radical (unpaired) electrons. The van der Waals surface area contributed by atoms with E-state index < -0.39 is 0 Å². The van der Waals surface area contributed by atoms with Crippen LogP contribution in [-0.4, -0.2) is 42.2 Å². The smallest absolute Gasteiger partial charge is 0.257 e. The zero-order chi connectivity index (χ0) is 20.4. The molecule has 3 aromatic rings. The number of piperazine rings is 1. The minimum atomic E-state index is -0.226. The van der Waals surface area contributed by atoms with Crippen LogP contribution < -0.4 is 15.1 Å². The van der Waals surface area contributed by atoms with Crippen LogP contribution in [0.25, 0.3) is 0 Å². The molecule has 150 valence electrons. The van der Waals surface area contributed by atoms with Crippen LogP contribution in [0.2, 0.25) is 0 Å². The fraction of sp³-hybridized carbons (Fsp3) is 0.318. The van der Waals surface area contributed by atoms with Gasteiger partial charge in [0.2, 0.25) is 0 Å². The molecule has 0 bridgehead atoms. The van der Waals surface area contributed by atoms with Crippen molar-refractivity contribution in [1.82, 2.24) is 10.1 Å². The van der Waals surface area contributed by atoms with Gasteiger partial charge in [-0.05, 0) is 50.1 Å². The molecule has 2 aromatic heterocycles. The Kier molecular flexibility index (Phi) is 5.20. The molecule has 7 heteroatoms. The third-order valence-electron chi connectivity index (χ3n) is 5.40. The van der Waals surface area contributed by atoms with E-state index >= 15 is 0 Å². The summed E-state index contributed by atoms with van der Waals surface area (Å²) in [6, 6.07) is 11.7. The second-order valence-electron chi connectivity index (χ2n) is 7.37. The van der Waals surface area contributed by atoms with E-state index in [0.717, 1.165) is 32.0 Å². The summed E-state index contributed by atoms with van der Waals surface area (Å²) in [6.07, 6.45) is 1.68. The number of nitrogens with zero attached hydrogens (tertiary/aromatic N) is 4. The van der Waals surface area contributed by atoms with E-state index in [0.29, 0.717) is 17.1 Å². The van der Waals surface area contributed by atoms with Gasteiger partial charge in [0, 0.05) is 49.7 Å². The molecule has 1 N–H and O–H groups in total. The van der Waals surface area contributed by atoms with Crippen molar-refractivity contribution >= 4 is 23.2 Å². The van der Waals surface area contributed by atoms with Crippen molar-refractivity contribution in [3.05, 3.63) is 65.0 Å². The predicted molar refractivity (Wildman–Crippen MR) is 114 cm³/mol. The van der Waals surface area contributed by atoms with E-state index in [9.17, 15) is 4.79 Å². The second-order valence-corrected chi connectivity index (χ2v) is 7.37. The number of hydrogen-bond donors (Lipinski definition) is 1. The lowest BCUT2D eigenvalue weighted by atomic mass is 10.1. The summed E-state index contributed by atoms with van der Waals surface area (Å²) < 4.78 is 4.99. The Morgan fingerprint density at radius 1 is 1.03 bits per heavy atom. The normalized spacial score (nSPS) is 14.2. The third-order valence-corrected chi connectivity index (χ3v) is 5.40. The minimum absolute atomic E-state index is 0.226. The number of carbonyl (C=O) groups excluding carboxylic acids is 1. The molecule has 0 spiro atoms. The van der Waals surface area contributed by atoms with E-state index in [-0.39, 0.29) is 5.91 Å². The molecular formula is C22H25N5O2. The van der Waals surface area contributed by atoms with Gasteiger partial charge in [-0.2, -0.15) is 0 Å². The first kappa shape index (κ1) is 19.0. The van der Waals surface area contributed by atoms with Crippen LogP contribution in [0.5, 0.6) is 0 Å². The molecule has 1 fully saturated rings. The Bertz CT molecular complexity index is 1020. The van der Waals surface area contributed by atoms with Crippen LogP contribution in [0, 0.1) is 20.8 Å². The van der Waals surface area contributed by atoms with Gasteiger partial charge in [-0.1, -0.05) is 17.3 Å². The van der Waals surface area contributed by atoms with Crippen molar-refractivity contribution < 1.29 is 9.32 Å². The van der Waals surface area contributed by atoms with Crippen LogP contribution in [0.3, 0.4) is 0 Å². The number of hydrogen-bond acceptors (Lipinski definition) is 6. The van der Waals surface area contributed by atoms with Crippen molar-refractivity contribution in [3.63, 3.8) is 0 Å². The van der Waals surface area contributed by atoms with Gasteiger partial charge in [0.15, 0.2) is 5.82 Å². The summed E-state index contributed by atoms with van der Waals surface area (Å²) in [5.41, 5.74) is 4.50. The standard InChI is InChI=1S/C22H25N5O2/c1-15-5-4-6-19(17(15)3)26-9-11-27(12-10-26)21-14-18(7-8-23-21)22(28)24-20-13-16(2)29-25-20/h4-8,13-14H,9-12H2,1-3H3,(H,24,25,28). The molecule has 1 aromatic carbocycles. The van der Waals surface area contributed by atoms with Gasteiger partial charge >= 0.3 is 0 Å². The highest BCUT2D eigenvalue weighted by Crippen LogP contribution is 2.25. The number of aryl methyl sites for hydroxylation is 2. The van der Waals surface area contributed by atoms with Gasteiger partial charge in [0.25, 0.3) is 5.91 Å². The average molecular weight is 391 g/mol. The van der Waals surface area contributed by atoms with Gasteiger partial charge in [0.05, 0.1) is 0 Å². The van der Waals surface area contributed by atoms with Crippen molar-refractivity contribution in [2.24, 2.45) is 0 Å². The maximum absolute atomic E-state index is 12.5. The lowest BCUT2D eigenvalue weighted by molar-refractivity contribution is 0.102. The van der Waals surface area contributed by atoms with Crippen LogP contribution >= 0.6 is 0 Å². The molecule has 0 atom stereocenters. The van der Waals surface area contributed by atoms with Crippen molar-refractivity contribution in [2.75, 3.05) is 41.3 Å². The fourth-order valence-electron chi connectivity index (χ4n) is 3.60. The SMILES string of the molecule is Cc1cc(NC(=O)c2ccnc(N3CCN(c4cccc(C)c4C)CC3)c2)no1. The van der Waals surface area contributed by atoms with Gasteiger partial charge in [-0.25, -0.2) is 4.98 Å². The largest absolute Gasteiger partial charge is 0.368 e. The summed E-state index contributed by atoms with van der Waals surface area (Å²) in [5, 5.41) is 6.56. The van der Waals surface area contributed by atoms with Crippen LogP contribution in [0.1, 0.15) is 27.2 Å². The van der Waals surface area contributed by atoms with E-state index in [1.165, 1.54) is 16.8 Å². The predicted octanol–water partition coefficient (Wildman–Crippen LogP) is 3.57. The zero-order valence-electron chi connectivity index (χ0n) is 17.0. The molecule has 0 aliphatic carbocycles. The maximum atomic E-state index is 12.5. The summed E-state index contributed by atoms with van der Waals surface area (Å²) in [5.74, 6) is 1.65.